The Morgan fingerprint density at radius 2 is 1.90 bits per heavy atom. The largest absolute Gasteiger partial charge is 0.452 e. The van der Waals surface area contributed by atoms with E-state index in [0.29, 0.717) is 5.56 Å². The summed E-state index contributed by atoms with van der Waals surface area (Å²) in [4.78, 5) is 16.2. The van der Waals surface area contributed by atoms with Crippen molar-refractivity contribution in [2.75, 3.05) is 0 Å². The van der Waals surface area contributed by atoms with E-state index in [2.05, 4.69) is 15.2 Å². The Labute approximate surface area is 174 Å². The lowest BCUT2D eigenvalue weighted by Gasteiger charge is -2.06. The van der Waals surface area contributed by atoms with Crippen LogP contribution < -0.4 is 0 Å². The summed E-state index contributed by atoms with van der Waals surface area (Å²) in [6.45, 7) is 1.60. The number of hydrogen-bond acceptors (Lipinski definition) is 6. The number of nitrogens with zero attached hydrogens (tertiary/aromatic N) is 4. The van der Waals surface area contributed by atoms with E-state index in [-0.39, 0.29) is 23.9 Å². The van der Waals surface area contributed by atoms with E-state index in [1.54, 1.807) is 35.1 Å². The summed E-state index contributed by atoms with van der Waals surface area (Å²) in [5, 5.41) is 7.85. The molecular weight excluding hydrogens is 413 g/mol. The number of esters is 1. The lowest BCUT2D eigenvalue weighted by atomic mass is 10.1. The zero-order valence-electron chi connectivity index (χ0n) is 16.1. The van der Waals surface area contributed by atoms with Crippen LogP contribution in [0, 0.1) is 6.92 Å². The van der Waals surface area contributed by atoms with Gasteiger partial charge >= 0.3 is 12.1 Å². The molecule has 7 nitrogen and oxygen atoms in total. The molecule has 0 aliphatic rings. The molecule has 0 spiro atoms. The van der Waals surface area contributed by atoms with Gasteiger partial charge in [-0.25, -0.2) is 9.48 Å². The molecule has 2 aromatic carbocycles. The lowest BCUT2D eigenvalue weighted by Crippen LogP contribution is -2.06. The van der Waals surface area contributed by atoms with Crippen LogP contribution in [0.25, 0.3) is 17.1 Å². The molecule has 4 aromatic rings. The van der Waals surface area contributed by atoms with Crippen LogP contribution in [0.2, 0.25) is 0 Å². The van der Waals surface area contributed by atoms with E-state index in [1.807, 2.05) is 13.0 Å². The second kappa shape index (κ2) is 8.05. The highest BCUT2D eigenvalue weighted by atomic mass is 19.4. The number of benzene rings is 2. The minimum absolute atomic E-state index is 0.0314. The number of alkyl halides is 3. The highest BCUT2D eigenvalue weighted by Gasteiger charge is 2.30. The van der Waals surface area contributed by atoms with E-state index in [9.17, 15) is 18.0 Å². The first kappa shape index (κ1) is 20.3. The predicted octanol–water partition coefficient (Wildman–Crippen LogP) is 4.61. The zero-order valence-corrected chi connectivity index (χ0v) is 16.1. The van der Waals surface area contributed by atoms with Crippen molar-refractivity contribution >= 4 is 5.97 Å². The Morgan fingerprint density at radius 1 is 1.13 bits per heavy atom. The van der Waals surface area contributed by atoms with Gasteiger partial charge in [0, 0.05) is 17.5 Å². The number of rotatable bonds is 5. The van der Waals surface area contributed by atoms with Crippen LogP contribution >= 0.6 is 0 Å². The van der Waals surface area contributed by atoms with Gasteiger partial charge in [-0.05, 0) is 49.4 Å². The summed E-state index contributed by atoms with van der Waals surface area (Å²) in [5.41, 5.74) is 1.37. The number of aromatic nitrogens is 4. The molecule has 0 saturated carbocycles. The summed E-state index contributed by atoms with van der Waals surface area (Å²) in [6, 6.07) is 13.1. The average Bonchev–Trinajstić information content (AvgIpc) is 3.41. The molecule has 31 heavy (non-hydrogen) atoms. The van der Waals surface area contributed by atoms with E-state index >= 15 is 0 Å². The SMILES string of the molecule is Cc1ccnn1-c1ccc(C(=O)OCc2nc(-c3cccc(C(F)(F)F)c3)no2)cc1. The van der Waals surface area contributed by atoms with Crippen molar-refractivity contribution in [3.05, 3.63) is 83.5 Å². The van der Waals surface area contributed by atoms with Gasteiger partial charge in [0.15, 0.2) is 6.61 Å². The monoisotopic (exact) mass is 428 g/mol. The van der Waals surface area contributed by atoms with E-state index < -0.39 is 17.7 Å². The van der Waals surface area contributed by atoms with Gasteiger partial charge in [-0.15, -0.1) is 0 Å². The first-order valence-electron chi connectivity index (χ1n) is 9.10. The standard InChI is InChI=1S/C21H15F3N4O3/c1-13-9-10-25-28(13)17-7-5-14(6-8-17)20(29)30-12-18-26-19(27-31-18)15-3-2-4-16(11-15)21(22,23)24/h2-11H,12H2,1H3. The Morgan fingerprint density at radius 3 is 2.58 bits per heavy atom. The second-order valence-corrected chi connectivity index (χ2v) is 6.60. The van der Waals surface area contributed by atoms with Crippen LogP contribution in [-0.4, -0.2) is 25.9 Å². The van der Waals surface area contributed by atoms with Crippen molar-refractivity contribution in [2.24, 2.45) is 0 Å². The maximum absolute atomic E-state index is 12.9. The first-order valence-corrected chi connectivity index (χ1v) is 9.10. The predicted molar refractivity (Wildman–Crippen MR) is 102 cm³/mol. The molecule has 0 aliphatic carbocycles. The van der Waals surface area contributed by atoms with Gasteiger partial charge in [0.1, 0.15) is 0 Å². The molecule has 0 aliphatic heterocycles. The molecule has 0 fully saturated rings. The fourth-order valence-electron chi connectivity index (χ4n) is 2.85. The van der Waals surface area contributed by atoms with Gasteiger partial charge in [-0.1, -0.05) is 17.3 Å². The van der Waals surface area contributed by atoms with Crippen molar-refractivity contribution in [3.8, 4) is 17.1 Å². The van der Waals surface area contributed by atoms with Crippen molar-refractivity contribution in [1.29, 1.82) is 0 Å². The quantitative estimate of drug-likeness (QED) is 0.432. The summed E-state index contributed by atoms with van der Waals surface area (Å²) < 4.78 is 50.4. The van der Waals surface area contributed by atoms with Gasteiger partial charge in [0.25, 0.3) is 5.89 Å². The molecule has 4 rings (SSSR count). The fourth-order valence-corrected chi connectivity index (χ4v) is 2.85. The highest BCUT2D eigenvalue weighted by molar-refractivity contribution is 5.89. The number of halogens is 3. The molecule has 10 heteroatoms. The average molecular weight is 428 g/mol. The van der Waals surface area contributed by atoms with Gasteiger partial charge in [-0.2, -0.15) is 23.3 Å². The van der Waals surface area contributed by atoms with Crippen LogP contribution in [0.15, 0.2) is 65.3 Å². The third-order valence-corrected chi connectivity index (χ3v) is 4.42. The van der Waals surface area contributed by atoms with Gasteiger partial charge in [0.2, 0.25) is 5.82 Å². The normalized spacial score (nSPS) is 11.5. The number of hydrogen-bond donors (Lipinski definition) is 0. The molecule has 0 radical (unpaired) electrons. The molecule has 0 atom stereocenters. The Bertz CT molecular complexity index is 1210. The summed E-state index contributed by atoms with van der Waals surface area (Å²) >= 11 is 0. The summed E-state index contributed by atoms with van der Waals surface area (Å²) in [6.07, 6.45) is -2.81. The Balaban J connectivity index is 1.41. The second-order valence-electron chi connectivity index (χ2n) is 6.60. The highest BCUT2D eigenvalue weighted by Crippen LogP contribution is 2.31. The summed E-state index contributed by atoms with van der Waals surface area (Å²) in [7, 11) is 0. The van der Waals surface area contributed by atoms with Crippen LogP contribution in [0.1, 0.15) is 27.5 Å². The topological polar surface area (TPSA) is 83.0 Å². The van der Waals surface area contributed by atoms with Gasteiger partial charge in [-0.3, -0.25) is 0 Å². The maximum Gasteiger partial charge on any atom is 0.416 e. The molecule has 0 N–H and O–H groups in total. The molecule has 2 aromatic heterocycles. The molecule has 2 heterocycles. The molecule has 0 amide bonds. The van der Waals surface area contributed by atoms with Crippen molar-refractivity contribution in [2.45, 2.75) is 19.7 Å². The lowest BCUT2D eigenvalue weighted by molar-refractivity contribution is -0.137. The van der Waals surface area contributed by atoms with Crippen LogP contribution in [-0.2, 0) is 17.5 Å². The fraction of sp³-hybridized carbons (Fsp3) is 0.143. The van der Waals surface area contributed by atoms with Crippen molar-refractivity contribution < 1.29 is 27.2 Å². The van der Waals surface area contributed by atoms with Crippen LogP contribution in [0.5, 0.6) is 0 Å². The Hall–Kier alpha value is -3.95. The maximum atomic E-state index is 12.9. The summed E-state index contributed by atoms with van der Waals surface area (Å²) in [5.74, 6) is -0.678. The molecule has 0 saturated heterocycles. The number of carbonyl (C=O) groups excluding carboxylic acids is 1. The molecule has 0 unspecified atom stereocenters. The van der Waals surface area contributed by atoms with Crippen molar-refractivity contribution in [1.82, 2.24) is 19.9 Å². The minimum Gasteiger partial charge on any atom is -0.452 e. The molecule has 0 bridgehead atoms. The van der Waals surface area contributed by atoms with E-state index in [0.717, 1.165) is 23.5 Å². The van der Waals surface area contributed by atoms with E-state index in [1.165, 1.54) is 12.1 Å². The molecular formula is C21H15F3N4O3. The number of ether oxygens (including phenoxy) is 1. The molecule has 158 valence electrons. The van der Waals surface area contributed by atoms with Crippen LogP contribution in [0.3, 0.4) is 0 Å². The van der Waals surface area contributed by atoms with Crippen molar-refractivity contribution in [3.63, 3.8) is 0 Å². The minimum atomic E-state index is -4.48. The number of aryl methyl sites for hydroxylation is 1. The third kappa shape index (κ3) is 4.47. The van der Waals surface area contributed by atoms with Gasteiger partial charge in [0.05, 0.1) is 16.8 Å². The smallest absolute Gasteiger partial charge is 0.416 e. The first-order chi connectivity index (χ1) is 14.8. The van der Waals surface area contributed by atoms with Gasteiger partial charge < -0.3 is 9.26 Å². The third-order valence-electron chi connectivity index (χ3n) is 4.42. The van der Waals surface area contributed by atoms with E-state index in [4.69, 9.17) is 9.26 Å². The Kier molecular flexibility index (Phi) is 5.28. The van der Waals surface area contributed by atoms with Crippen LogP contribution in [0.4, 0.5) is 13.2 Å². The number of carbonyl (C=O) groups is 1. The zero-order chi connectivity index (χ0) is 22.0.